The van der Waals surface area contributed by atoms with Crippen LogP contribution in [0.15, 0.2) is 24.4 Å². The zero-order valence-corrected chi connectivity index (χ0v) is 10.9. The normalized spacial score (nSPS) is 10.2. The lowest BCUT2D eigenvalue weighted by Crippen LogP contribution is -2.14. The molecule has 0 saturated carbocycles. The molecule has 0 fully saturated rings. The Hall–Kier alpha value is -2.68. The lowest BCUT2D eigenvalue weighted by atomic mass is 10.2. The lowest BCUT2D eigenvalue weighted by molar-refractivity contribution is 0.102. The fourth-order valence-corrected chi connectivity index (χ4v) is 1.84. The topological polar surface area (TPSA) is 57.8 Å². The third kappa shape index (κ3) is 2.38. The summed E-state index contributed by atoms with van der Waals surface area (Å²) in [6, 6.07) is 5.25. The number of nitrogens with zero attached hydrogens (tertiary/aromatic N) is 2. The van der Waals surface area contributed by atoms with Crippen LogP contribution in [0.2, 0.25) is 0 Å². The average molecular weight is 275 g/mol. The summed E-state index contributed by atoms with van der Waals surface area (Å²) in [6.45, 7) is 1.61. The predicted octanol–water partition coefficient (Wildman–Crippen LogP) is 2.74. The Kier molecular flexibility index (Phi) is 3.53. The van der Waals surface area contributed by atoms with Gasteiger partial charge in [-0.15, -0.1) is 0 Å². The molecule has 0 bridgehead atoms. The third-order valence-electron chi connectivity index (χ3n) is 3.01. The van der Waals surface area contributed by atoms with Gasteiger partial charge in [-0.25, -0.2) is 8.78 Å². The third-order valence-corrected chi connectivity index (χ3v) is 3.01. The predicted molar refractivity (Wildman–Crippen MR) is 69.2 cm³/mol. The molecular weight excluding hydrogens is 264 g/mol. The van der Waals surface area contributed by atoms with Crippen molar-refractivity contribution in [3.63, 3.8) is 0 Å². The number of hydrogen-bond donors (Lipinski definition) is 1. The minimum atomic E-state index is -0.674. The van der Waals surface area contributed by atoms with E-state index in [1.54, 1.807) is 20.0 Å². The number of rotatable bonds is 2. The number of carbonyl (C=O) groups is 1. The van der Waals surface area contributed by atoms with E-state index in [0.717, 1.165) is 6.07 Å². The molecule has 2 aromatic rings. The van der Waals surface area contributed by atoms with Crippen LogP contribution in [0.5, 0.6) is 0 Å². The Morgan fingerprint density at radius 1 is 1.35 bits per heavy atom. The highest BCUT2D eigenvalue weighted by atomic mass is 19.1. The maximum atomic E-state index is 13.6. The van der Waals surface area contributed by atoms with Gasteiger partial charge in [-0.05, 0) is 25.1 Å². The molecule has 1 N–H and O–H groups in total. The Bertz CT molecular complexity index is 729. The monoisotopic (exact) mass is 275 g/mol. The second-order valence-electron chi connectivity index (χ2n) is 4.31. The molecular formula is C14H11F2N3O. The van der Waals surface area contributed by atoms with Crippen LogP contribution in [0.4, 0.5) is 14.5 Å². The minimum absolute atomic E-state index is 0.0738. The standard InChI is InChI=1S/C14H11F2N3O/c1-8-13(12(16)7-19(8)2)14(20)18-10-3-4-11(15)9(5-10)6-17/h3-5,7H,1-2H3,(H,18,20). The molecule has 1 aromatic carbocycles. The van der Waals surface area contributed by atoms with Gasteiger partial charge < -0.3 is 9.88 Å². The first-order valence-electron chi connectivity index (χ1n) is 5.76. The molecule has 1 heterocycles. The number of benzene rings is 1. The molecule has 0 radical (unpaired) electrons. The van der Waals surface area contributed by atoms with E-state index >= 15 is 0 Å². The molecule has 0 aliphatic heterocycles. The summed E-state index contributed by atoms with van der Waals surface area (Å²) in [5.74, 6) is -1.95. The molecule has 2 rings (SSSR count). The Morgan fingerprint density at radius 2 is 2.05 bits per heavy atom. The zero-order valence-electron chi connectivity index (χ0n) is 10.9. The molecule has 0 aliphatic rings. The number of halogens is 2. The van der Waals surface area contributed by atoms with Gasteiger partial charge >= 0.3 is 0 Å². The molecule has 102 valence electrons. The molecule has 0 saturated heterocycles. The summed E-state index contributed by atoms with van der Waals surface area (Å²) < 4.78 is 28.3. The molecule has 6 heteroatoms. The zero-order chi connectivity index (χ0) is 14.9. The van der Waals surface area contributed by atoms with Gasteiger partial charge in [0.2, 0.25) is 0 Å². The summed E-state index contributed by atoms with van der Waals surface area (Å²) >= 11 is 0. The van der Waals surface area contributed by atoms with E-state index in [9.17, 15) is 13.6 Å². The maximum Gasteiger partial charge on any atom is 0.260 e. The average Bonchev–Trinajstić information content (AvgIpc) is 2.65. The number of aryl methyl sites for hydroxylation is 1. The van der Waals surface area contributed by atoms with Crippen LogP contribution in [-0.2, 0) is 7.05 Å². The van der Waals surface area contributed by atoms with Gasteiger partial charge in [0.25, 0.3) is 5.91 Å². The van der Waals surface area contributed by atoms with Crippen LogP contribution >= 0.6 is 0 Å². The fourth-order valence-electron chi connectivity index (χ4n) is 1.84. The number of carbonyl (C=O) groups excluding carboxylic acids is 1. The summed E-state index contributed by atoms with van der Waals surface area (Å²) in [7, 11) is 1.63. The lowest BCUT2D eigenvalue weighted by Gasteiger charge is -2.06. The van der Waals surface area contributed by atoms with E-state index in [2.05, 4.69) is 5.32 Å². The molecule has 0 spiro atoms. The number of nitrogens with one attached hydrogen (secondary N) is 1. The van der Waals surface area contributed by atoms with E-state index in [1.807, 2.05) is 0 Å². The summed E-state index contributed by atoms with van der Waals surface area (Å²) in [4.78, 5) is 12.0. The van der Waals surface area contributed by atoms with Gasteiger partial charge in [-0.2, -0.15) is 5.26 Å². The van der Waals surface area contributed by atoms with Gasteiger partial charge in [0.15, 0.2) is 5.82 Å². The van der Waals surface area contributed by atoms with Gasteiger partial charge in [0.05, 0.1) is 11.1 Å². The van der Waals surface area contributed by atoms with E-state index in [1.165, 1.54) is 22.9 Å². The fraction of sp³-hybridized carbons (Fsp3) is 0.143. The van der Waals surface area contributed by atoms with E-state index < -0.39 is 17.5 Å². The Balaban J connectivity index is 2.31. The Morgan fingerprint density at radius 3 is 2.60 bits per heavy atom. The number of nitriles is 1. The van der Waals surface area contributed by atoms with Crippen molar-refractivity contribution in [3.05, 3.63) is 52.9 Å². The van der Waals surface area contributed by atoms with Crippen LogP contribution in [0.1, 0.15) is 21.6 Å². The van der Waals surface area contributed by atoms with Crippen molar-refractivity contribution in [1.29, 1.82) is 5.26 Å². The van der Waals surface area contributed by atoms with Gasteiger partial charge in [-0.1, -0.05) is 0 Å². The van der Waals surface area contributed by atoms with Crippen molar-refractivity contribution < 1.29 is 13.6 Å². The summed E-state index contributed by atoms with van der Waals surface area (Å²) in [5, 5.41) is 11.2. The quantitative estimate of drug-likeness (QED) is 0.916. The largest absolute Gasteiger partial charge is 0.351 e. The molecule has 20 heavy (non-hydrogen) atoms. The van der Waals surface area contributed by atoms with Crippen molar-refractivity contribution in [3.8, 4) is 6.07 Å². The van der Waals surface area contributed by atoms with Crippen molar-refractivity contribution >= 4 is 11.6 Å². The van der Waals surface area contributed by atoms with Crippen molar-refractivity contribution in [2.75, 3.05) is 5.32 Å². The van der Waals surface area contributed by atoms with Crippen molar-refractivity contribution in [2.24, 2.45) is 7.05 Å². The van der Waals surface area contributed by atoms with Crippen molar-refractivity contribution in [2.45, 2.75) is 6.92 Å². The number of hydrogen-bond acceptors (Lipinski definition) is 2. The Labute approximate surface area is 114 Å². The van der Waals surface area contributed by atoms with Crippen molar-refractivity contribution in [1.82, 2.24) is 4.57 Å². The number of aromatic nitrogens is 1. The van der Waals surface area contributed by atoms with Crippen LogP contribution in [0.25, 0.3) is 0 Å². The second-order valence-corrected chi connectivity index (χ2v) is 4.31. The molecule has 1 aromatic heterocycles. The second kappa shape index (κ2) is 5.13. The highest BCUT2D eigenvalue weighted by Gasteiger charge is 2.18. The SMILES string of the molecule is Cc1c(C(=O)Nc2ccc(F)c(C#N)c2)c(F)cn1C. The van der Waals surface area contributed by atoms with E-state index in [0.29, 0.717) is 5.69 Å². The summed E-state index contributed by atoms with van der Waals surface area (Å²) in [5.41, 5.74) is 0.446. The van der Waals surface area contributed by atoms with E-state index in [4.69, 9.17) is 5.26 Å². The van der Waals surface area contributed by atoms with Crippen LogP contribution < -0.4 is 5.32 Å². The summed E-state index contributed by atoms with van der Waals surface area (Å²) in [6.07, 6.45) is 1.20. The molecule has 0 unspecified atom stereocenters. The molecule has 4 nitrogen and oxygen atoms in total. The van der Waals surface area contributed by atoms with Crippen LogP contribution in [0, 0.1) is 29.9 Å². The highest BCUT2D eigenvalue weighted by Crippen LogP contribution is 2.18. The van der Waals surface area contributed by atoms with Gasteiger partial charge in [0.1, 0.15) is 11.9 Å². The molecule has 1 amide bonds. The van der Waals surface area contributed by atoms with Crippen LogP contribution in [-0.4, -0.2) is 10.5 Å². The number of amides is 1. The van der Waals surface area contributed by atoms with E-state index in [-0.39, 0.29) is 16.8 Å². The van der Waals surface area contributed by atoms with Gasteiger partial charge in [-0.3, -0.25) is 4.79 Å². The smallest absolute Gasteiger partial charge is 0.260 e. The van der Waals surface area contributed by atoms with Crippen LogP contribution in [0.3, 0.4) is 0 Å². The first kappa shape index (κ1) is 13.7. The molecule has 0 atom stereocenters. The minimum Gasteiger partial charge on any atom is -0.351 e. The number of anilines is 1. The van der Waals surface area contributed by atoms with Gasteiger partial charge in [0, 0.05) is 24.6 Å². The first-order valence-corrected chi connectivity index (χ1v) is 5.76. The highest BCUT2D eigenvalue weighted by molar-refractivity contribution is 6.05. The maximum absolute atomic E-state index is 13.6. The molecule has 0 aliphatic carbocycles. The first-order chi connectivity index (χ1) is 9.43.